The Morgan fingerprint density at radius 2 is 1.25 bits per heavy atom. The number of ether oxygens (including phenoxy) is 5. The van der Waals surface area contributed by atoms with Gasteiger partial charge in [0.25, 0.3) is 0 Å². The van der Waals surface area contributed by atoms with Gasteiger partial charge in [0.2, 0.25) is 0 Å². The first kappa shape index (κ1) is 43.5. The zero-order chi connectivity index (χ0) is 41.0. The molecule has 4 saturated carbocycles. The molecule has 11 unspecified atom stereocenters. The van der Waals surface area contributed by atoms with E-state index in [2.05, 4.69) is 34.6 Å². The standard InChI is InChI=1S/C42H72O14/c1-37(2,51)27-13-17-42(7,56-27)22-10-15-40(5)21(22)8-9-26-38(3)14-12-28(39(4,20-44)25(38)11-16-41(26,40)6)55-36-34(50)32(48)30(46)24(54-36)19-52-35-33(49)31(47)29(45)23(18-43)53-35/h21-36,43-51H,8-20H2,1-7H3/t21?,22?,23-,24-,25?,26?,27?,28?,29-,30-,31+,32+,33-,34-,35-,36+,38?,39?,40?,41?,42?/m1/s1. The molecule has 3 aliphatic heterocycles. The predicted octanol–water partition coefficient (Wildman–Crippen LogP) is 1.36. The molecule has 0 spiro atoms. The number of aliphatic hydroxyl groups excluding tert-OH is 8. The molecule has 7 fully saturated rings. The minimum atomic E-state index is -1.67. The van der Waals surface area contributed by atoms with Crippen molar-refractivity contribution in [3.8, 4) is 0 Å². The molecule has 0 radical (unpaired) electrons. The molecule has 0 aromatic heterocycles. The van der Waals surface area contributed by atoms with Crippen LogP contribution in [-0.4, -0.2) is 151 Å². The Hall–Kier alpha value is -0.560. The lowest BCUT2D eigenvalue weighted by Crippen LogP contribution is -2.66. The van der Waals surface area contributed by atoms with Crippen LogP contribution in [0.2, 0.25) is 0 Å². The summed E-state index contributed by atoms with van der Waals surface area (Å²) in [5, 5.41) is 95.2. The molecule has 56 heavy (non-hydrogen) atoms. The van der Waals surface area contributed by atoms with Gasteiger partial charge in [0.15, 0.2) is 12.6 Å². The number of rotatable bonds is 9. The largest absolute Gasteiger partial charge is 0.396 e. The van der Waals surface area contributed by atoms with Gasteiger partial charge in [0.05, 0.1) is 43.2 Å². The zero-order valence-corrected chi connectivity index (χ0v) is 34.5. The molecular weight excluding hydrogens is 728 g/mol. The molecule has 324 valence electrons. The topological polar surface area (TPSA) is 228 Å². The van der Waals surface area contributed by atoms with Crippen LogP contribution in [0.15, 0.2) is 0 Å². The molecule has 3 saturated heterocycles. The summed E-state index contributed by atoms with van der Waals surface area (Å²) >= 11 is 0. The average Bonchev–Trinajstić information content (AvgIpc) is 3.74. The molecule has 0 aromatic rings. The highest BCUT2D eigenvalue weighted by atomic mass is 16.7. The molecule has 21 atom stereocenters. The summed E-state index contributed by atoms with van der Waals surface area (Å²) in [6, 6.07) is 0. The van der Waals surface area contributed by atoms with E-state index in [9.17, 15) is 46.0 Å². The van der Waals surface area contributed by atoms with Crippen LogP contribution in [0.5, 0.6) is 0 Å². The Morgan fingerprint density at radius 1 is 0.625 bits per heavy atom. The maximum absolute atomic E-state index is 11.3. The van der Waals surface area contributed by atoms with Crippen molar-refractivity contribution in [2.24, 2.45) is 45.3 Å². The average molecular weight is 801 g/mol. The van der Waals surface area contributed by atoms with Gasteiger partial charge in [-0.1, -0.05) is 27.7 Å². The Morgan fingerprint density at radius 3 is 1.88 bits per heavy atom. The van der Waals surface area contributed by atoms with Crippen molar-refractivity contribution in [1.29, 1.82) is 0 Å². The van der Waals surface area contributed by atoms with Crippen LogP contribution in [0.25, 0.3) is 0 Å². The maximum Gasteiger partial charge on any atom is 0.186 e. The van der Waals surface area contributed by atoms with Gasteiger partial charge in [-0.3, -0.25) is 0 Å². The van der Waals surface area contributed by atoms with Gasteiger partial charge in [0.1, 0.15) is 48.8 Å². The third-order valence-electron chi connectivity index (χ3n) is 17.6. The molecule has 7 aliphatic rings. The molecule has 0 aromatic carbocycles. The third-order valence-corrected chi connectivity index (χ3v) is 17.6. The van der Waals surface area contributed by atoms with E-state index < -0.39 is 91.7 Å². The van der Waals surface area contributed by atoms with Crippen molar-refractivity contribution < 1.29 is 69.6 Å². The summed E-state index contributed by atoms with van der Waals surface area (Å²) in [5.41, 5.74) is -1.69. The smallest absolute Gasteiger partial charge is 0.186 e. The lowest BCUT2D eigenvalue weighted by molar-refractivity contribution is -0.347. The molecular formula is C42H72O14. The lowest BCUT2D eigenvalue weighted by Gasteiger charge is -2.70. The molecule has 3 heterocycles. The molecule has 7 rings (SSSR count). The van der Waals surface area contributed by atoms with E-state index in [0.717, 1.165) is 57.8 Å². The van der Waals surface area contributed by atoms with Crippen LogP contribution in [0.3, 0.4) is 0 Å². The Balaban J connectivity index is 1.05. The summed E-state index contributed by atoms with van der Waals surface area (Å²) in [5.74, 6) is 1.51. The fourth-order valence-corrected chi connectivity index (χ4v) is 14.1. The number of fused-ring (bicyclic) bond motifs is 5. The predicted molar refractivity (Wildman–Crippen MR) is 200 cm³/mol. The van der Waals surface area contributed by atoms with Gasteiger partial charge in [-0.05, 0) is 125 Å². The Labute approximate surface area is 331 Å². The van der Waals surface area contributed by atoms with E-state index in [1.807, 2.05) is 13.8 Å². The van der Waals surface area contributed by atoms with Gasteiger partial charge in [-0.15, -0.1) is 0 Å². The van der Waals surface area contributed by atoms with Gasteiger partial charge >= 0.3 is 0 Å². The first-order chi connectivity index (χ1) is 26.1. The van der Waals surface area contributed by atoms with Crippen LogP contribution < -0.4 is 0 Å². The van der Waals surface area contributed by atoms with E-state index in [-0.39, 0.29) is 40.5 Å². The van der Waals surface area contributed by atoms with Crippen molar-refractivity contribution in [2.75, 3.05) is 19.8 Å². The van der Waals surface area contributed by atoms with Crippen molar-refractivity contribution in [3.05, 3.63) is 0 Å². The quantitative estimate of drug-likeness (QED) is 0.150. The van der Waals surface area contributed by atoms with Crippen molar-refractivity contribution in [2.45, 2.75) is 197 Å². The van der Waals surface area contributed by atoms with E-state index in [0.29, 0.717) is 24.2 Å². The van der Waals surface area contributed by atoms with Gasteiger partial charge in [0, 0.05) is 5.41 Å². The van der Waals surface area contributed by atoms with Gasteiger partial charge in [-0.25, -0.2) is 0 Å². The highest BCUT2D eigenvalue weighted by Gasteiger charge is 2.71. The normalized spacial score (nSPS) is 56.4. The Bertz CT molecular complexity index is 1400. The number of hydrogen-bond donors (Lipinski definition) is 9. The summed E-state index contributed by atoms with van der Waals surface area (Å²) < 4.78 is 30.4. The molecule has 14 nitrogen and oxygen atoms in total. The molecule has 0 amide bonds. The van der Waals surface area contributed by atoms with E-state index in [1.165, 1.54) is 0 Å². The minimum Gasteiger partial charge on any atom is -0.396 e. The molecule has 9 N–H and O–H groups in total. The molecule has 4 aliphatic carbocycles. The first-order valence-electron chi connectivity index (χ1n) is 21.4. The second-order valence-corrected chi connectivity index (χ2v) is 20.8. The number of aliphatic hydroxyl groups is 9. The summed E-state index contributed by atoms with van der Waals surface area (Å²) in [6.07, 6.45) is -5.99. The van der Waals surface area contributed by atoms with E-state index >= 15 is 0 Å². The van der Waals surface area contributed by atoms with Crippen molar-refractivity contribution in [1.82, 2.24) is 0 Å². The highest BCUT2D eigenvalue weighted by molar-refractivity contribution is 5.19. The van der Waals surface area contributed by atoms with Crippen molar-refractivity contribution >= 4 is 0 Å². The summed E-state index contributed by atoms with van der Waals surface area (Å²) in [7, 11) is 0. The zero-order valence-electron chi connectivity index (χ0n) is 34.5. The van der Waals surface area contributed by atoms with Crippen LogP contribution in [0.1, 0.15) is 113 Å². The maximum atomic E-state index is 11.3. The van der Waals surface area contributed by atoms with Crippen LogP contribution in [0.4, 0.5) is 0 Å². The van der Waals surface area contributed by atoms with Gasteiger partial charge in [-0.2, -0.15) is 0 Å². The molecule has 0 bridgehead atoms. The molecule has 14 heteroatoms. The second-order valence-electron chi connectivity index (χ2n) is 20.8. The SMILES string of the molecule is CC(C)(O)C1CCC(C)(C2CCC3(C)C2CCC2C4(C)CCC(O[C@@H]5O[C@H](CO[C@@H]6O[C@H](CO)[C@@H](O)[C@H](O)[C@H]6O)[C@@H](O)[C@H](O)[C@H]5O)C(C)(CO)C4CCC23C)O1. The third kappa shape index (κ3) is 6.67. The van der Waals surface area contributed by atoms with E-state index in [1.54, 1.807) is 0 Å². The van der Waals surface area contributed by atoms with E-state index in [4.69, 9.17) is 23.7 Å². The minimum absolute atomic E-state index is 0.0836. The number of hydrogen-bond acceptors (Lipinski definition) is 14. The van der Waals surface area contributed by atoms with Crippen LogP contribution >= 0.6 is 0 Å². The van der Waals surface area contributed by atoms with Crippen LogP contribution in [-0.2, 0) is 23.7 Å². The fourth-order valence-electron chi connectivity index (χ4n) is 14.1. The highest BCUT2D eigenvalue weighted by Crippen LogP contribution is 2.76. The lowest BCUT2D eigenvalue weighted by atomic mass is 9.35. The Kier molecular flexibility index (Phi) is 11.7. The van der Waals surface area contributed by atoms with Crippen molar-refractivity contribution in [3.63, 3.8) is 0 Å². The second kappa shape index (κ2) is 15.1. The first-order valence-corrected chi connectivity index (χ1v) is 21.4. The fraction of sp³-hybridized carbons (Fsp3) is 1.00. The summed E-state index contributed by atoms with van der Waals surface area (Å²) in [6.45, 7) is 14.3. The van der Waals surface area contributed by atoms with Crippen LogP contribution in [0, 0.1) is 45.3 Å². The monoisotopic (exact) mass is 800 g/mol. The summed E-state index contributed by atoms with van der Waals surface area (Å²) in [4.78, 5) is 0. The van der Waals surface area contributed by atoms with Gasteiger partial charge < -0.3 is 69.6 Å².